The molecule has 0 fully saturated rings. The van der Waals surface area contributed by atoms with Gasteiger partial charge in [-0.3, -0.25) is 4.79 Å². The second-order valence-electron chi connectivity index (χ2n) is 5.93. The summed E-state index contributed by atoms with van der Waals surface area (Å²) in [5, 5.41) is 7.83. The molecule has 0 bridgehead atoms. The molecule has 0 aromatic heterocycles. The first-order valence-corrected chi connectivity index (χ1v) is 9.36. The lowest BCUT2D eigenvalue weighted by Crippen LogP contribution is -2.40. The van der Waals surface area contributed by atoms with Crippen LogP contribution in [-0.2, 0) is 6.54 Å². The number of benzene rings is 2. The number of carbonyl (C=O) groups excluding carboxylic acids is 2. The summed E-state index contributed by atoms with van der Waals surface area (Å²) >= 11 is 3.29. The number of amides is 3. The highest BCUT2D eigenvalue weighted by molar-refractivity contribution is 9.10. The molecule has 0 radical (unpaired) electrons. The van der Waals surface area contributed by atoms with Gasteiger partial charge in [-0.05, 0) is 35.9 Å². The van der Waals surface area contributed by atoms with Crippen LogP contribution in [0.15, 0.2) is 53.0 Å². The molecule has 156 valence electrons. The lowest BCUT2D eigenvalue weighted by atomic mass is 10.2. The highest BCUT2D eigenvalue weighted by atomic mass is 79.9. The van der Waals surface area contributed by atoms with Gasteiger partial charge in [0.2, 0.25) is 0 Å². The van der Waals surface area contributed by atoms with E-state index in [1.54, 1.807) is 30.3 Å². The fraction of sp³-hybridized carbons (Fsp3) is 0.263. The average molecular weight is 474 g/mol. The van der Waals surface area contributed by atoms with Crippen molar-refractivity contribution >= 4 is 27.9 Å². The predicted molar refractivity (Wildman–Crippen MR) is 105 cm³/mol. The Kier molecular flexibility index (Phi) is 8.32. The summed E-state index contributed by atoms with van der Waals surface area (Å²) in [4.78, 5) is 23.8. The Hall–Kier alpha value is -2.75. The van der Waals surface area contributed by atoms with E-state index < -0.39 is 18.8 Å². The molecule has 29 heavy (non-hydrogen) atoms. The van der Waals surface area contributed by atoms with Gasteiger partial charge in [-0.25, -0.2) is 4.79 Å². The lowest BCUT2D eigenvalue weighted by molar-refractivity contribution is -0.153. The minimum absolute atomic E-state index is 0.0669. The molecule has 0 spiro atoms. The third-order valence-electron chi connectivity index (χ3n) is 3.54. The molecular formula is C19H19BrF3N3O3. The topological polar surface area (TPSA) is 79.5 Å². The molecule has 0 atom stereocenters. The highest BCUT2D eigenvalue weighted by Gasteiger charge is 2.28. The standard InChI is InChI=1S/C19H19BrF3N3O3/c20-15-5-2-4-14(10-15)17(27)24-7-8-25-18(28)26-11-13-3-1-6-16(9-13)29-12-19(21,22)23/h1-6,9-10H,7-8,11-12H2,(H,24,27)(H2,25,26,28). The third kappa shape index (κ3) is 8.86. The van der Waals surface area contributed by atoms with Crippen LogP contribution < -0.4 is 20.7 Å². The summed E-state index contributed by atoms with van der Waals surface area (Å²) < 4.78 is 42.0. The maximum atomic E-state index is 12.2. The zero-order chi connectivity index (χ0) is 21.3. The summed E-state index contributed by atoms with van der Waals surface area (Å²) in [5.41, 5.74) is 1.08. The Morgan fingerprint density at radius 3 is 2.41 bits per heavy atom. The van der Waals surface area contributed by atoms with E-state index in [-0.39, 0.29) is 31.3 Å². The van der Waals surface area contributed by atoms with E-state index in [4.69, 9.17) is 0 Å². The Morgan fingerprint density at radius 1 is 0.966 bits per heavy atom. The Balaban J connectivity index is 1.67. The van der Waals surface area contributed by atoms with E-state index in [2.05, 4.69) is 36.6 Å². The van der Waals surface area contributed by atoms with Gasteiger partial charge in [-0.1, -0.05) is 34.1 Å². The molecule has 0 heterocycles. The predicted octanol–water partition coefficient (Wildman–Crippen LogP) is 3.62. The van der Waals surface area contributed by atoms with Gasteiger partial charge in [-0.2, -0.15) is 13.2 Å². The first-order valence-electron chi connectivity index (χ1n) is 8.57. The largest absolute Gasteiger partial charge is 0.484 e. The molecule has 2 aromatic rings. The SMILES string of the molecule is O=C(NCCNC(=O)c1cccc(Br)c1)NCc1cccc(OCC(F)(F)F)c1. The van der Waals surface area contributed by atoms with Crippen molar-refractivity contribution in [3.63, 3.8) is 0 Å². The number of urea groups is 1. The number of hydrogen-bond donors (Lipinski definition) is 3. The number of nitrogens with one attached hydrogen (secondary N) is 3. The van der Waals surface area contributed by atoms with Gasteiger partial charge in [-0.15, -0.1) is 0 Å². The van der Waals surface area contributed by atoms with Gasteiger partial charge in [0, 0.05) is 29.7 Å². The van der Waals surface area contributed by atoms with Gasteiger partial charge in [0.15, 0.2) is 6.61 Å². The van der Waals surface area contributed by atoms with Crippen molar-refractivity contribution in [2.45, 2.75) is 12.7 Å². The maximum Gasteiger partial charge on any atom is 0.422 e. The molecule has 0 aliphatic heterocycles. The van der Waals surface area contributed by atoms with Crippen molar-refractivity contribution in [3.8, 4) is 5.75 Å². The van der Waals surface area contributed by atoms with Crippen molar-refractivity contribution in [1.82, 2.24) is 16.0 Å². The first-order chi connectivity index (χ1) is 13.7. The maximum absolute atomic E-state index is 12.2. The minimum Gasteiger partial charge on any atom is -0.484 e. The number of hydrogen-bond acceptors (Lipinski definition) is 3. The minimum atomic E-state index is -4.42. The van der Waals surface area contributed by atoms with Gasteiger partial charge in [0.1, 0.15) is 5.75 Å². The average Bonchev–Trinajstić information content (AvgIpc) is 2.68. The molecule has 6 nitrogen and oxygen atoms in total. The highest BCUT2D eigenvalue weighted by Crippen LogP contribution is 2.19. The summed E-state index contributed by atoms with van der Waals surface area (Å²) in [6.07, 6.45) is -4.42. The van der Waals surface area contributed by atoms with Gasteiger partial charge >= 0.3 is 12.2 Å². The molecular weight excluding hydrogens is 455 g/mol. The first kappa shape index (κ1) is 22.5. The molecule has 2 aromatic carbocycles. The molecule has 2 rings (SSSR count). The summed E-state index contributed by atoms with van der Waals surface area (Å²) in [7, 11) is 0. The second kappa shape index (κ2) is 10.7. The van der Waals surface area contributed by atoms with E-state index in [1.165, 1.54) is 18.2 Å². The van der Waals surface area contributed by atoms with E-state index in [0.717, 1.165) is 4.47 Å². The normalized spacial score (nSPS) is 10.9. The third-order valence-corrected chi connectivity index (χ3v) is 4.03. The van der Waals surface area contributed by atoms with Crippen molar-refractivity contribution in [2.75, 3.05) is 19.7 Å². The van der Waals surface area contributed by atoms with Crippen molar-refractivity contribution < 1.29 is 27.5 Å². The lowest BCUT2D eigenvalue weighted by Gasteiger charge is -2.11. The number of alkyl halides is 3. The van der Waals surface area contributed by atoms with E-state index in [0.29, 0.717) is 11.1 Å². The van der Waals surface area contributed by atoms with Gasteiger partial charge in [0.05, 0.1) is 0 Å². The van der Waals surface area contributed by atoms with E-state index in [1.807, 2.05) is 0 Å². The number of carbonyl (C=O) groups is 2. The van der Waals surface area contributed by atoms with Crippen LogP contribution in [0.25, 0.3) is 0 Å². The van der Waals surface area contributed by atoms with Crippen LogP contribution in [0.4, 0.5) is 18.0 Å². The summed E-state index contributed by atoms with van der Waals surface area (Å²) in [5.74, 6) is -0.193. The van der Waals surface area contributed by atoms with Crippen LogP contribution in [-0.4, -0.2) is 37.8 Å². The second-order valence-corrected chi connectivity index (χ2v) is 6.84. The zero-order valence-corrected chi connectivity index (χ0v) is 16.8. The number of halogens is 4. The van der Waals surface area contributed by atoms with Crippen molar-refractivity contribution in [1.29, 1.82) is 0 Å². The fourth-order valence-electron chi connectivity index (χ4n) is 2.24. The molecule has 0 aliphatic carbocycles. The van der Waals surface area contributed by atoms with Crippen LogP contribution in [0.3, 0.4) is 0 Å². The van der Waals surface area contributed by atoms with Crippen LogP contribution in [0.1, 0.15) is 15.9 Å². The number of rotatable bonds is 8. The Morgan fingerprint density at radius 2 is 1.69 bits per heavy atom. The van der Waals surface area contributed by atoms with Crippen LogP contribution in [0.2, 0.25) is 0 Å². The smallest absolute Gasteiger partial charge is 0.422 e. The zero-order valence-electron chi connectivity index (χ0n) is 15.2. The summed E-state index contributed by atoms with van der Waals surface area (Å²) in [6.45, 7) is -0.824. The molecule has 10 heteroatoms. The monoisotopic (exact) mass is 473 g/mol. The molecule has 0 aliphatic rings. The molecule has 0 saturated carbocycles. The van der Waals surface area contributed by atoms with Gasteiger partial charge < -0.3 is 20.7 Å². The van der Waals surface area contributed by atoms with Gasteiger partial charge in [0.25, 0.3) is 5.91 Å². The van der Waals surface area contributed by atoms with E-state index in [9.17, 15) is 22.8 Å². The van der Waals surface area contributed by atoms with Crippen LogP contribution in [0, 0.1) is 0 Å². The molecule has 0 saturated heterocycles. The molecule has 3 N–H and O–H groups in total. The van der Waals surface area contributed by atoms with E-state index >= 15 is 0 Å². The molecule has 0 unspecified atom stereocenters. The summed E-state index contributed by atoms with van der Waals surface area (Å²) in [6, 6.07) is 12.5. The molecule has 3 amide bonds. The van der Waals surface area contributed by atoms with Crippen molar-refractivity contribution in [3.05, 3.63) is 64.1 Å². The Bertz CT molecular complexity index is 847. The Labute approximate surface area is 173 Å². The number of ether oxygens (including phenoxy) is 1. The quantitative estimate of drug-likeness (QED) is 0.512. The van der Waals surface area contributed by atoms with Crippen LogP contribution in [0.5, 0.6) is 5.75 Å². The van der Waals surface area contributed by atoms with Crippen LogP contribution >= 0.6 is 15.9 Å². The fourth-order valence-corrected chi connectivity index (χ4v) is 2.64. The van der Waals surface area contributed by atoms with Crippen molar-refractivity contribution in [2.24, 2.45) is 0 Å².